The Morgan fingerprint density at radius 3 is 3.12 bits per heavy atom. The van der Waals surface area contributed by atoms with Crippen LogP contribution in [-0.4, -0.2) is 22.2 Å². The zero-order chi connectivity index (χ0) is 11.1. The number of rotatable bonds is 2. The standard InChI is InChI=1S/C11H15N5/c1-7-4-11(15-9-5-8(12)6-9)16-10(14-7)2-3-13-16/h2-4,8-9H,5-6,12H2,1H3,(H,13,14,15)/p+1. The maximum absolute atomic E-state index is 5.78. The van der Waals surface area contributed by atoms with Crippen molar-refractivity contribution in [1.82, 2.24) is 10.1 Å². The summed E-state index contributed by atoms with van der Waals surface area (Å²) in [5.74, 6) is 1.06. The highest BCUT2D eigenvalue weighted by atomic mass is 15.3. The van der Waals surface area contributed by atoms with Crippen molar-refractivity contribution in [2.45, 2.75) is 31.8 Å². The number of fused-ring (bicyclic) bond motifs is 1. The third-order valence-corrected chi connectivity index (χ3v) is 3.07. The van der Waals surface area contributed by atoms with Crippen LogP contribution in [0.5, 0.6) is 0 Å². The molecule has 3 rings (SSSR count). The van der Waals surface area contributed by atoms with Crippen LogP contribution in [0.15, 0.2) is 18.3 Å². The van der Waals surface area contributed by atoms with Crippen LogP contribution in [0.2, 0.25) is 0 Å². The minimum atomic E-state index is 0.365. The summed E-state index contributed by atoms with van der Waals surface area (Å²) in [6.45, 7) is 2.00. The average molecular weight is 218 g/mol. The smallest absolute Gasteiger partial charge is 0.286 e. The van der Waals surface area contributed by atoms with Gasteiger partial charge in [0.1, 0.15) is 5.69 Å². The molecule has 1 aliphatic rings. The first kappa shape index (κ1) is 9.59. The van der Waals surface area contributed by atoms with E-state index in [0.717, 1.165) is 30.0 Å². The molecule has 0 aromatic carbocycles. The molecule has 0 unspecified atom stereocenters. The number of aromatic nitrogens is 3. The maximum atomic E-state index is 5.78. The van der Waals surface area contributed by atoms with Crippen LogP contribution < -0.4 is 15.6 Å². The molecule has 0 saturated heterocycles. The molecule has 5 nitrogen and oxygen atoms in total. The van der Waals surface area contributed by atoms with Gasteiger partial charge in [-0.1, -0.05) is 0 Å². The van der Waals surface area contributed by atoms with Crippen LogP contribution in [-0.2, 0) is 0 Å². The minimum absolute atomic E-state index is 0.365. The molecule has 4 N–H and O–H groups in total. The van der Waals surface area contributed by atoms with Crippen molar-refractivity contribution in [3.63, 3.8) is 0 Å². The zero-order valence-electron chi connectivity index (χ0n) is 9.27. The van der Waals surface area contributed by atoms with Crippen LogP contribution >= 0.6 is 0 Å². The van der Waals surface area contributed by atoms with Crippen LogP contribution in [0.4, 0.5) is 5.82 Å². The highest BCUT2D eigenvalue weighted by Gasteiger charge is 2.29. The number of nitrogens with zero attached hydrogens (tertiary/aromatic N) is 2. The Morgan fingerprint density at radius 1 is 1.56 bits per heavy atom. The summed E-state index contributed by atoms with van der Waals surface area (Å²) in [4.78, 5) is 4.43. The topological polar surface area (TPSA) is 70.8 Å². The second-order valence-corrected chi connectivity index (χ2v) is 4.51. The molecule has 5 heteroatoms. The third kappa shape index (κ3) is 1.53. The van der Waals surface area contributed by atoms with Gasteiger partial charge in [0.2, 0.25) is 5.82 Å². The van der Waals surface area contributed by atoms with Crippen LogP contribution in [0.25, 0.3) is 5.65 Å². The quantitative estimate of drug-likeness (QED) is 0.637. The van der Waals surface area contributed by atoms with Gasteiger partial charge in [-0.3, -0.25) is 5.10 Å². The molecular formula is C11H16N5+. The minimum Gasteiger partial charge on any atom is -0.327 e. The van der Waals surface area contributed by atoms with E-state index in [-0.39, 0.29) is 0 Å². The van der Waals surface area contributed by atoms with Crippen molar-refractivity contribution in [3.05, 3.63) is 24.0 Å². The lowest BCUT2D eigenvalue weighted by atomic mass is 9.88. The van der Waals surface area contributed by atoms with Crippen molar-refractivity contribution >= 4 is 11.5 Å². The number of aromatic amines is 1. The largest absolute Gasteiger partial charge is 0.327 e. The number of H-pyrrole nitrogens is 1. The fourth-order valence-electron chi connectivity index (χ4n) is 2.18. The number of hydrogen-bond donors (Lipinski definition) is 3. The van der Waals surface area contributed by atoms with E-state index in [4.69, 9.17) is 5.73 Å². The van der Waals surface area contributed by atoms with E-state index in [1.807, 2.05) is 29.8 Å². The van der Waals surface area contributed by atoms with Gasteiger partial charge in [-0.05, 0) is 19.8 Å². The summed E-state index contributed by atoms with van der Waals surface area (Å²) in [6.07, 6.45) is 3.98. The molecule has 1 aliphatic carbocycles. The van der Waals surface area contributed by atoms with E-state index in [0.29, 0.717) is 12.1 Å². The van der Waals surface area contributed by atoms with Gasteiger partial charge in [0.15, 0.2) is 0 Å². The van der Waals surface area contributed by atoms with Crippen molar-refractivity contribution in [1.29, 1.82) is 0 Å². The Labute approximate surface area is 93.7 Å². The molecule has 0 aliphatic heterocycles. The number of nitrogens with one attached hydrogen (secondary N) is 2. The Balaban J connectivity index is 1.92. The summed E-state index contributed by atoms with van der Waals surface area (Å²) in [7, 11) is 0. The monoisotopic (exact) mass is 218 g/mol. The molecule has 0 atom stereocenters. The molecule has 2 aromatic rings. The van der Waals surface area contributed by atoms with Gasteiger partial charge < -0.3 is 11.1 Å². The lowest BCUT2D eigenvalue weighted by Crippen LogP contribution is -2.46. The Bertz CT molecular complexity index is 512. The summed E-state index contributed by atoms with van der Waals surface area (Å²) >= 11 is 0. The van der Waals surface area contributed by atoms with Crippen LogP contribution in [0, 0.1) is 6.92 Å². The van der Waals surface area contributed by atoms with Crippen molar-refractivity contribution in [2.24, 2.45) is 5.73 Å². The van der Waals surface area contributed by atoms with Crippen LogP contribution in [0.1, 0.15) is 18.5 Å². The van der Waals surface area contributed by atoms with Crippen molar-refractivity contribution in [3.8, 4) is 0 Å². The van der Waals surface area contributed by atoms with Gasteiger partial charge in [0, 0.05) is 18.3 Å². The normalized spacial score (nSPS) is 24.4. The number of hydrogen-bond acceptors (Lipinski definition) is 3. The van der Waals surface area contributed by atoms with Gasteiger partial charge in [0.05, 0.1) is 12.1 Å². The first-order chi connectivity index (χ1) is 7.72. The first-order valence-electron chi connectivity index (χ1n) is 5.61. The fourth-order valence-corrected chi connectivity index (χ4v) is 2.18. The van der Waals surface area contributed by atoms with Crippen LogP contribution in [0.3, 0.4) is 0 Å². The molecular weight excluding hydrogens is 202 g/mol. The summed E-state index contributed by atoms with van der Waals surface area (Å²) in [5.41, 5.74) is 7.73. The van der Waals surface area contributed by atoms with E-state index >= 15 is 0 Å². The van der Waals surface area contributed by atoms with E-state index in [1.54, 1.807) is 0 Å². The molecule has 2 aromatic heterocycles. The first-order valence-corrected chi connectivity index (χ1v) is 5.61. The van der Waals surface area contributed by atoms with Gasteiger partial charge in [-0.15, -0.1) is 9.50 Å². The second kappa shape index (κ2) is 3.45. The van der Waals surface area contributed by atoms with Crippen molar-refractivity contribution < 1.29 is 4.52 Å². The fraction of sp³-hybridized carbons (Fsp3) is 0.455. The van der Waals surface area contributed by atoms with E-state index in [9.17, 15) is 0 Å². The van der Waals surface area contributed by atoms with Gasteiger partial charge in [0.25, 0.3) is 5.65 Å². The summed E-state index contributed by atoms with van der Waals surface area (Å²) < 4.78 is 1.96. The zero-order valence-corrected chi connectivity index (χ0v) is 9.27. The van der Waals surface area contributed by atoms with E-state index in [2.05, 4.69) is 15.4 Å². The highest BCUT2D eigenvalue weighted by molar-refractivity contribution is 5.39. The molecule has 0 radical (unpaired) electrons. The molecule has 0 bridgehead atoms. The Kier molecular flexibility index (Phi) is 2.07. The molecule has 1 saturated carbocycles. The molecule has 16 heavy (non-hydrogen) atoms. The lowest BCUT2D eigenvalue weighted by Gasteiger charge is -2.30. The number of anilines is 1. The Morgan fingerprint density at radius 2 is 2.38 bits per heavy atom. The third-order valence-electron chi connectivity index (χ3n) is 3.07. The number of aryl methyl sites for hydroxylation is 1. The number of nitrogens with two attached hydrogens (primary N) is 1. The summed E-state index contributed by atoms with van der Waals surface area (Å²) in [6, 6.07) is 4.87. The SMILES string of the molecule is Cc1cc(NC2CC(N)C2)[n+]2[nH]ccc2n1. The highest BCUT2D eigenvalue weighted by Crippen LogP contribution is 2.21. The summed E-state index contributed by atoms with van der Waals surface area (Å²) in [5, 5.41) is 6.63. The molecule has 1 fully saturated rings. The van der Waals surface area contributed by atoms with Gasteiger partial charge in [-0.25, -0.2) is 0 Å². The maximum Gasteiger partial charge on any atom is 0.286 e. The van der Waals surface area contributed by atoms with Gasteiger partial charge >= 0.3 is 0 Å². The van der Waals surface area contributed by atoms with Crippen molar-refractivity contribution in [2.75, 3.05) is 5.32 Å². The predicted molar refractivity (Wildman–Crippen MR) is 61.1 cm³/mol. The van der Waals surface area contributed by atoms with E-state index in [1.165, 1.54) is 0 Å². The molecule has 2 heterocycles. The Hall–Kier alpha value is -1.62. The van der Waals surface area contributed by atoms with E-state index < -0.39 is 0 Å². The average Bonchev–Trinajstić information content (AvgIpc) is 2.62. The second-order valence-electron chi connectivity index (χ2n) is 4.51. The molecule has 0 spiro atoms. The molecule has 0 amide bonds. The molecule has 84 valence electrons. The predicted octanol–water partition coefficient (Wildman–Crippen LogP) is 0.358. The lowest BCUT2D eigenvalue weighted by molar-refractivity contribution is -0.564. The van der Waals surface area contributed by atoms with Gasteiger partial charge in [-0.2, -0.15) is 0 Å².